The molecule has 0 spiro atoms. The average Bonchev–Trinajstić information content (AvgIpc) is 3.07. The van der Waals surface area contributed by atoms with Crippen LogP contribution in [0.3, 0.4) is 0 Å². The second-order valence-corrected chi connectivity index (χ2v) is 6.03. The minimum atomic E-state index is -0.990. The van der Waals surface area contributed by atoms with Gasteiger partial charge in [-0.2, -0.15) is 0 Å². The van der Waals surface area contributed by atoms with Gasteiger partial charge in [-0.15, -0.1) is 6.07 Å². The number of aromatic nitrogens is 4. The summed E-state index contributed by atoms with van der Waals surface area (Å²) in [6.45, 7) is 6.39. The zero-order valence-electron chi connectivity index (χ0n) is 14.2. The Bertz CT molecular complexity index is 784. The van der Waals surface area contributed by atoms with Gasteiger partial charge in [0, 0.05) is 31.9 Å². The van der Waals surface area contributed by atoms with Gasteiger partial charge in [0.05, 0.1) is 5.82 Å². The molecule has 133 valence electrons. The smallest absolute Gasteiger partial charge is 0.354 e. The van der Waals surface area contributed by atoms with Crippen molar-refractivity contribution in [1.82, 2.24) is 19.7 Å². The summed E-state index contributed by atoms with van der Waals surface area (Å²) >= 11 is 0. The molecule has 0 saturated carbocycles. The predicted octanol–water partition coefficient (Wildman–Crippen LogP) is 3.14. The van der Waals surface area contributed by atoms with Crippen LogP contribution in [-0.4, -0.2) is 30.8 Å². The Hall–Kier alpha value is -2.40. The van der Waals surface area contributed by atoms with E-state index in [-0.39, 0.29) is 30.6 Å². The number of hydrogen-bond acceptors (Lipinski definition) is 4. The van der Waals surface area contributed by atoms with Crippen molar-refractivity contribution < 1.29 is 29.4 Å². The van der Waals surface area contributed by atoms with E-state index in [1.165, 1.54) is 12.3 Å². The van der Waals surface area contributed by atoms with Crippen LogP contribution in [0.5, 0.6) is 0 Å². The summed E-state index contributed by atoms with van der Waals surface area (Å²) in [5.41, 5.74) is 1.15. The molecule has 1 N–H and O–H groups in total. The van der Waals surface area contributed by atoms with E-state index < -0.39 is 5.97 Å². The third-order valence-corrected chi connectivity index (χ3v) is 3.05. The standard InChI is InChI=1S/C12H14N3.C6H5NO2.Rh/c1-12(2,3)10-7-9-15(14-10)11-6-4-5-8-13-11;8-6(9)5-3-1-2-4-7-5;/h4-8H,1-3H3;1-4H,(H,8,9);/q-1;;. The molecule has 7 heteroatoms. The van der Waals surface area contributed by atoms with Crippen LogP contribution in [-0.2, 0) is 24.9 Å². The minimum absolute atomic E-state index is 0. The minimum Gasteiger partial charge on any atom is -0.477 e. The molecule has 0 unspecified atom stereocenters. The first-order chi connectivity index (χ1) is 11.4. The average molecular weight is 426 g/mol. The fourth-order valence-corrected chi connectivity index (χ4v) is 1.74. The van der Waals surface area contributed by atoms with Crippen molar-refractivity contribution in [3.8, 4) is 5.82 Å². The van der Waals surface area contributed by atoms with Crippen LogP contribution in [0, 0.1) is 6.20 Å². The zero-order valence-corrected chi connectivity index (χ0v) is 15.8. The summed E-state index contributed by atoms with van der Waals surface area (Å²) in [5.74, 6) is -0.191. The molecule has 3 aromatic heterocycles. The van der Waals surface area contributed by atoms with Crippen LogP contribution in [0.25, 0.3) is 5.82 Å². The molecule has 0 atom stereocenters. The molecule has 0 aliphatic heterocycles. The van der Waals surface area contributed by atoms with E-state index in [0.29, 0.717) is 0 Å². The summed E-state index contributed by atoms with van der Waals surface area (Å²) in [6, 6.07) is 12.4. The van der Waals surface area contributed by atoms with E-state index in [0.717, 1.165) is 11.5 Å². The summed E-state index contributed by atoms with van der Waals surface area (Å²) in [6.07, 6.45) is 6.27. The fourth-order valence-electron chi connectivity index (χ4n) is 1.74. The molecule has 3 aromatic rings. The fraction of sp³-hybridized carbons (Fsp3) is 0.222. The van der Waals surface area contributed by atoms with E-state index in [9.17, 15) is 4.79 Å². The molecule has 0 aromatic carbocycles. The van der Waals surface area contributed by atoms with Crippen molar-refractivity contribution >= 4 is 5.97 Å². The maximum Gasteiger partial charge on any atom is 0.354 e. The van der Waals surface area contributed by atoms with E-state index in [4.69, 9.17) is 5.11 Å². The van der Waals surface area contributed by atoms with E-state index in [2.05, 4.69) is 42.0 Å². The summed E-state index contributed by atoms with van der Waals surface area (Å²) in [7, 11) is 0. The number of carboxylic acid groups (broad SMARTS) is 1. The number of carbonyl (C=O) groups is 1. The van der Waals surface area contributed by atoms with Crippen molar-refractivity contribution in [2.45, 2.75) is 26.2 Å². The van der Waals surface area contributed by atoms with Gasteiger partial charge in [-0.25, -0.2) is 9.78 Å². The quantitative estimate of drug-likeness (QED) is 0.503. The second kappa shape index (κ2) is 9.18. The summed E-state index contributed by atoms with van der Waals surface area (Å²) in [4.78, 5) is 17.9. The van der Waals surface area contributed by atoms with E-state index in [1.807, 2.05) is 24.3 Å². The molecule has 0 amide bonds. The van der Waals surface area contributed by atoms with Gasteiger partial charge < -0.3 is 14.8 Å². The van der Waals surface area contributed by atoms with Crippen LogP contribution in [0.2, 0.25) is 0 Å². The van der Waals surface area contributed by atoms with Crippen molar-refractivity contribution in [2.24, 2.45) is 0 Å². The summed E-state index contributed by atoms with van der Waals surface area (Å²) < 4.78 is 1.68. The first-order valence-electron chi connectivity index (χ1n) is 7.42. The first kappa shape index (κ1) is 20.6. The molecule has 0 saturated heterocycles. The Kier molecular flexibility index (Phi) is 7.58. The van der Waals surface area contributed by atoms with E-state index >= 15 is 0 Å². The van der Waals surface area contributed by atoms with Gasteiger partial charge in [0.2, 0.25) is 0 Å². The third kappa shape index (κ3) is 6.20. The molecule has 1 radical (unpaired) electrons. The van der Waals surface area contributed by atoms with Gasteiger partial charge in [0.25, 0.3) is 0 Å². The van der Waals surface area contributed by atoms with Crippen LogP contribution in [0.1, 0.15) is 37.0 Å². The molecular weight excluding hydrogens is 407 g/mol. The number of aromatic carboxylic acids is 1. The second-order valence-electron chi connectivity index (χ2n) is 6.03. The molecule has 6 nitrogen and oxygen atoms in total. The van der Waals surface area contributed by atoms with Crippen molar-refractivity contribution in [1.29, 1.82) is 0 Å². The molecule has 0 aliphatic rings. The van der Waals surface area contributed by atoms with Gasteiger partial charge in [-0.3, -0.25) is 5.10 Å². The van der Waals surface area contributed by atoms with Gasteiger partial charge in [-0.05, 0) is 29.3 Å². The van der Waals surface area contributed by atoms with Crippen LogP contribution < -0.4 is 0 Å². The van der Waals surface area contributed by atoms with Crippen molar-refractivity contribution in [2.75, 3.05) is 0 Å². The Labute approximate surface area is 159 Å². The largest absolute Gasteiger partial charge is 0.477 e. The van der Waals surface area contributed by atoms with Crippen LogP contribution in [0.15, 0.2) is 54.9 Å². The molecule has 3 heterocycles. The predicted molar refractivity (Wildman–Crippen MR) is 90.1 cm³/mol. The normalized spacial score (nSPS) is 10.2. The molecule has 25 heavy (non-hydrogen) atoms. The van der Waals surface area contributed by atoms with Gasteiger partial charge in [-0.1, -0.05) is 45.2 Å². The topological polar surface area (TPSA) is 80.9 Å². The zero-order chi connectivity index (χ0) is 17.6. The molecule has 0 bridgehead atoms. The maximum atomic E-state index is 10.1. The van der Waals surface area contributed by atoms with Crippen LogP contribution >= 0.6 is 0 Å². The SMILES string of the molecule is CC(C)(C)c1c[c-]n(-c2ccccn2)n1.O=C(O)c1ccccn1.[Rh]. The third-order valence-electron chi connectivity index (χ3n) is 3.05. The summed E-state index contributed by atoms with van der Waals surface area (Å²) in [5, 5.41) is 12.8. The Morgan fingerprint density at radius 2 is 1.72 bits per heavy atom. The Morgan fingerprint density at radius 1 is 1.08 bits per heavy atom. The maximum absolute atomic E-state index is 10.1. The monoisotopic (exact) mass is 426 g/mol. The Morgan fingerprint density at radius 3 is 2.12 bits per heavy atom. The van der Waals surface area contributed by atoms with E-state index in [1.54, 1.807) is 23.0 Å². The number of pyridine rings is 2. The van der Waals surface area contributed by atoms with Crippen molar-refractivity contribution in [3.63, 3.8) is 0 Å². The molecule has 0 fully saturated rings. The number of rotatable bonds is 2. The number of hydrogen-bond donors (Lipinski definition) is 1. The van der Waals surface area contributed by atoms with Gasteiger partial charge >= 0.3 is 5.97 Å². The number of nitrogens with zero attached hydrogens (tertiary/aromatic N) is 4. The number of carboxylic acids is 1. The van der Waals surface area contributed by atoms with Crippen LogP contribution in [0.4, 0.5) is 0 Å². The Balaban J connectivity index is 0.000000270. The molecular formula is C18H19N4O2Rh-. The first-order valence-corrected chi connectivity index (χ1v) is 7.42. The molecule has 0 aliphatic carbocycles. The van der Waals surface area contributed by atoms with Gasteiger partial charge in [0.1, 0.15) is 5.69 Å². The molecule has 3 rings (SSSR count). The van der Waals surface area contributed by atoms with Gasteiger partial charge in [0.15, 0.2) is 0 Å². The van der Waals surface area contributed by atoms with Crippen molar-refractivity contribution in [3.05, 3.63) is 72.4 Å².